The van der Waals surface area contributed by atoms with Gasteiger partial charge in [0.2, 0.25) is 0 Å². The third-order valence-electron chi connectivity index (χ3n) is 4.37. The minimum absolute atomic E-state index is 0.182. The number of nitrogens with one attached hydrogen (secondary N) is 1. The SMILES string of the molecule is Nc1[nH]c(=O)c(C(=O)O)c(-c2cccc(-c3ccc(B(O)O)cc3)c2)c1C(=O)O. The highest BCUT2D eigenvalue weighted by atomic mass is 16.4. The fraction of sp³-hybridized carbons (Fsp3) is 0. The van der Waals surface area contributed by atoms with Gasteiger partial charge in [0.05, 0.1) is 0 Å². The summed E-state index contributed by atoms with van der Waals surface area (Å²) in [5, 5.41) is 37.4. The fourth-order valence-corrected chi connectivity index (χ4v) is 3.04. The van der Waals surface area contributed by atoms with Crippen LogP contribution in [0.15, 0.2) is 53.3 Å². The molecule has 0 saturated heterocycles. The molecule has 146 valence electrons. The Bertz CT molecular complexity index is 1170. The van der Waals surface area contributed by atoms with Gasteiger partial charge in [0.1, 0.15) is 16.9 Å². The lowest BCUT2D eigenvalue weighted by atomic mass is 9.80. The Kier molecular flexibility index (Phi) is 5.22. The van der Waals surface area contributed by atoms with Crippen molar-refractivity contribution >= 4 is 30.3 Å². The molecule has 1 aromatic heterocycles. The summed E-state index contributed by atoms with van der Waals surface area (Å²) in [5.41, 5.74) is 4.81. The molecular formula is C19H15BN2O7. The largest absolute Gasteiger partial charge is 0.488 e. The van der Waals surface area contributed by atoms with Crippen LogP contribution in [0.2, 0.25) is 0 Å². The van der Waals surface area contributed by atoms with Gasteiger partial charge in [0.25, 0.3) is 5.56 Å². The average molecular weight is 394 g/mol. The van der Waals surface area contributed by atoms with Gasteiger partial charge in [-0.05, 0) is 28.2 Å². The van der Waals surface area contributed by atoms with Gasteiger partial charge in [-0.1, -0.05) is 42.5 Å². The van der Waals surface area contributed by atoms with Crippen molar-refractivity contribution < 1.29 is 29.9 Å². The van der Waals surface area contributed by atoms with E-state index in [0.717, 1.165) is 0 Å². The topological polar surface area (TPSA) is 174 Å². The summed E-state index contributed by atoms with van der Waals surface area (Å²) in [5.74, 6) is -3.52. The first-order chi connectivity index (χ1) is 13.7. The third kappa shape index (κ3) is 3.75. The molecule has 0 amide bonds. The predicted octanol–water partition coefficient (Wildman–Crippen LogP) is 0.367. The van der Waals surface area contributed by atoms with Gasteiger partial charge in [0, 0.05) is 5.56 Å². The van der Waals surface area contributed by atoms with E-state index >= 15 is 0 Å². The van der Waals surface area contributed by atoms with E-state index in [9.17, 15) is 34.6 Å². The Morgan fingerprint density at radius 1 is 0.862 bits per heavy atom. The van der Waals surface area contributed by atoms with Crippen LogP contribution in [0.1, 0.15) is 20.7 Å². The maximum absolute atomic E-state index is 12.1. The van der Waals surface area contributed by atoms with Crippen LogP contribution in [0.5, 0.6) is 0 Å². The Balaban J connectivity index is 2.25. The van der Waals surface area contributed by atoms with Gasteiger partial charge in [-0.15, -0.1) is 0 Å². The normalized spacial score (nSPS) is 10.6. The first-order valence-electron chi connectivity index (χ1n) is 8.30. The number of aromatic amines is 1. The zero-order valence-electron chi connectivity index (χ0n) is 14.8. The van der Waals surface area contributed by atoms with Gasteiger partial charge >= 0.3 is 19.1 Å². The molecule has 3 rings (SSSR count). The Hall–Kier alpha value is -3.89. The van der Waals surface area contributed by atoms with Crippen molar-refractivity contribution in [3.63, 3.8) is 0 Å². The van der Waals surface area contributed by atoms with Crippen molar-refractivity contribution in [2.45, 2.75) is 0 Å². The number of nitrogens with two attached hydrogens (primary N) is 1. The molecule has 0 atom stereocenters. The van der Waals surface area contributed by atoms with E-state index < -0.39 is 41.6 Å². The molecule has 0 aliphatic rings. The molecular weight excluding hydrogens is 379 g/mol. The van der Waals surface area contributed by atoms with E-state index in [1.807, 2.05) is 0 Å². The second-order valence-electron chi connectivity index (χ2n) is 6.18. The van der Waals surface area contributed by atoms with Crippen LogP contribution in [0.25, 0.3) is 22.3 Å². The van der Waals surface area contributed by atoms with E-state index in [4.69, 9.17) is 5.73 Å². The number of anilines is 1. The molecule has 0 fully saturated rings. The highest BCUT2D eigenvalue weighted by molar-refractivity contribution is 6.58. The second-order valence-corrected chi connectivity index (χ2v) is 6.18. The lowest BCUT2D eigenvalue weighted by Crippen LogP contribution is -2.29. The summed E-state index contributed by atoms with van der Waals surface area (Å²) in [6.07, 6.45) is 0. The monoisotopic (exact) mass is 394 g/mol. The molecule has 0 aliphatic heterocycles. The number of aromatic carboxylic acids is 2. The van der Waals surface area contributed by atoms with Crippen LogP contribution in [0.4, 0.5) is 5.82 Å². The lowest BCUT2D eigenvalue weighted by molar-refractivity contribution is 0.0695. The minimum atomic E-state index is -1.62. The summed E-state index contributed by atoms with van der Waals surface area (Å²) in [6.45, 7) is 0. The lowest BCUT2D eigenvalue weighted by Gasteiger charge is -2.13. The number of hydrogen-bond acceptors (Lipinski definition) is 6. The molecule has 7 N–H and O–H groups in total. The number of H-pyrrole nitrogens is 1. The van der Waals surface area contributed by atoms with Crippen molar-refractivity contribution in [3.8, 4) is 22.3 Å². The number of carboxylic acids is 2. The number of hydrogen-bond donors (Lipinski definition) is 6. The van der Waals surface area contributed by atoms with E-state index in [1.165, 1.54) is 24.3 Å². The number of nitrogen functional groups attached to an aromatic ring is 1. The van der Waals surface area contributed by atoms with Crippen LogP contribution in [-0.4, -0.2) is 44.3 Å². The summed E-state index contributed by atoms with van der Waals surface area (Å²) in [6, 6.07) is 12.5. The average Bonchev–Trinajstić information content (AvgIpc) is 2.66. The van der Waals surface area contributed by atoms with Crippen molar-refractivity contribution in [1.82, 2.24) is 4.98 Å². The molecule has 2 aromatic carbocycles. The summed E-state index contributed by atoms with van der Waals surface area (Å²) in [7, 11) is -1.62. The first kappa shape index (κ1) is 19.9. The van der Waals surface area contributed by atoms with Crippen molar-refractivity contribution in [2.24, 2.45) is 0 Å². The van der Waals surface area contributed by atoms with Crippen LogP contribution < -0.4 is 16.8 Å². The molecule has 0 bridgehead atoms. The van der Waals surface area contributed by atoms with Gasteiger partial charge in [-0.25, -0.2) is 9.59 Å². The first-order valence-corrected chi connectivity index (χ1v) is 8.30. The summed E-state index contributed by atoms with van der Waals surface area (Å²) >= 11 is 0. The van der Waals surface area contributed by atoms with Crippen molar-refractivity contribution in [3.05, 3.63) is 70.0 Å². The van der Waals surface area contributed by atoms with Crippen LogP contribution in [-0.2, 0) is 0 Å². The number of carbonyl (C=O) groups is 2. The number of benzene rings is 2. The fourth-order valence-electron chi connectivity index (χ4n) is 3.04. The molecule has 3 aromatic rings. The van der Waals surface area contributed by atoms with Gasteiger partial charge in [-0.2, -0.15) is 0 Å². The maximum atomic E-state index is 12.1. The standard InChI is InChI=1S/C19H15BN2O7/c21-16-14(18(24)25)13(15(19(26)27)17(23)22-16)11-3-1-2-10(8-11)9-4-6-12(7-5-9)20(28)29/h1-8,28-29H,(H,24,25)(H,26,27)(H3,21,22,23). The van der Waals surface area contributed by atoms with Gasteiger partial charge < -0.3 is 31.0 Å². The Labute approximate surface area is 163 Å². The third-order valence-corrected chi connectivity index (χ3v) is 4.37. The molecule has 29 heavy (non-hydrogen) atoms. The number of aromatic nitrogens is 1. The molecule has 0 unspecified atom stereocenters. The number of pyridine rings is 1. The van der Waals surface area contributed by atoms with Crippen LogP contribution in [0, 0.1) is 0 Å². The van der Waals surface area contributed by atoms with E-state index in [2.05, 4.69) is 4.98 Å². The van der Waals surface area contributed by atoms with E-state index in [0.29, 0.717) is 11.1 Å². The van der Waals surface area contributed by atoms with E-state index in [1.54, 1.807) is 24.3 Å². The molecule has 0 spiro atoms. The molecule has 0 saturated carbocycles. The van der Waals surface area contributed by atoms with Gasteiger partial charge in [0.15, 0.2) is 0 Å². The quantitative estimate of drug-likeness (QED) is 0.337. The number of rotatable bonds is 5. The zero-order chi connectivity index (χ0) is 21.3. The van der Waals surface area contributed by atoms with Crippen molar-refractivity contribution in [1.29, 1.82) is 0 Å². The van der Waals surface area contributed by atoms with Crippen LogP contribution >= 0.6 is 0 Å². The maximum Gasteiger partial charge on any atom is 0.488 e. The minimum Gasteiger partial charge on any atom is -0.478 e. The second kappa shape index (κ2) is 7.62. The highest BCUT2D eigenvalue weighted by Crippen LogP contribution is 2.32. The van der Waals surface area contributed by atoms with Gasteiger partial charge in [-0.3, -0.25) is 4.79 Å². The smallest absolute Gasteiger partial charge is 0.478 e. The number of carboxylic acid groups (broad SMARTS) is 2. The Morgan fingerprint density at radius 2 is 1.45 bits per heavy atom. The summed E-state index contributed by atoms with van der Waals surface area (Å²) < 4.78 is 0. The van der Waals surface area contributed by atoms with E-state index in [-0.39, 0.29) is 16.6 Å². The molecule has 0 aliphatic carbocycles. The molecule has 1 heterocycles. The Morgan fingerprint density at radius 3 is 2.00 bits per heavy atom. The summed E-state index contributed by atoms with van der Waals surface area (Å²) in [4.78, 5) is 37.6. The molecule has 0 radical (unpaired) electrons. The molecule has 9 nitrogen and oxygen atoms in total. The zero-order valence-corrected chi connectivity index (χ0v) is 14.8. The van der Waals surface area contributed by atoms with Crippen LogP contribution in [0.3, 0.4) is 0 Å². The predicted molar refractivity (Wildman–Crippen MR) is 106 cm³/mol. The highest BCUT2D eigenvalue weighted by Gasteiger charge is 2.26. The molecule has 10 heteroatoms. The van der Waals surface area contributed by atoms with Crippen molar-refractivity contribution in [2.75, 3.05) is 5.73 Å².